The van der Waals surface area contributed by atoms with Gasteiger partial charge in [-0.25, -0.2) is 4.98 Å². The fraction of sp³-hybridized carbons (Fsp3) is 0.357. The highest BCUT2D eigenvalue weighted by Gasteiger charge is 2.10. The summed E-state index contributed by atoms with van der Waals surface area (Å²) in [7, 11) is 1.98. The normalized spacial score (nSPS) is 10.8. The zero-order chi connectivity index (χ0) is 12.3. The molecule has 1 aromatic heterocycles. The summed E-state index contributed by atoms with van der Waals surface area (Å²) in [5, 5.41) is 4.33. The van der Waals surface area contributed by atoms with Crippen molar-refractivity contribution in [3.63, 3.8) is 0 Å². The number of hydrogen-bond donors (Lipinski definition) is 1. The number of nitrogens with one attached hydrogen (secondary N) is 1. The molecule has 3 heteroatoms. The van der Waals surface area contributed by atoms with Gasteiger partial charge in [0.1, 0.15) is 5.01 Å². The first-order chi connectivity index (χ1) is 8.24. The van der Waals surface area contributed by atoms with Crippen LogP contribution in [0.2, 0.25) is 0 Å². The van der Waals surface area contributed by atoms with E-state index >= 15 is 0 Å². The summed E-state index contributed by atoms with van der Waals surface area (Å²) in [6.45, 7) is 5.18. The van der Waals surface area contributed by atoms with Crippen LogP contribution in [0.15, 0.2) is 24.3 Å². The number of benzene rings is 1. The first-order valence-electron chi connectivity index (χ1n) is 5.94. The maximum absolute atomic E-state index is 4.73. The van der Waals surface area contributed by atoms with E-state index in [9.17, 15) is 0 Å². The Kier molecular flexibility index (Phi) is 3.92. The van der Waals surface area contributed by atoms with Gasteiger partial charge >= 0.3 is 0 Å². The topological polar surface area (TPSA) is 24.9 Å². The lowest BCUT2D eigenvalue weighted by Crippen LogP contribution is -2.05. The van der Waals surface area contributed by atoms with Crippen LogP contribution in [0, 0.1) is 6.92 Å². The minimum Gasteiger partial charge on any atom is -0.315 e. The third-order valence-corrected chi connectivity index (χ3v) is 3.90. The maximum Gasteiger partial charge on any atom is 0.123 e. The van der Waals surface area contributed by atoms with Gasteiger partial charge in [0.15, 0.2) is 0 Å². The van der Waals surface area contributed by atoms with E-state index in [1.807, 2.05) is 7.05 Å². The quantitative estimate of drug-likeness (QED) is 0.894. The van der Waals surface area contributed by atoms with Gasteiger partial charge in [-0.15, -0.1) is 11.3 Å². The molecule has 2 nitrogen and oxygen atoms in total. The number of nitrogens with zero attached hydrogens (tertiary/aromatic N) is 1. The molecule has 0 unspecified atom stereocenters. The van der Waals surface area contributed by atoms with Crippen molar-refractivity contribution >= 4 is 11.3 Å². The van der Waals surface area contributed by atoms with E-state index in [1.165, 1.54) is 21.7 Å². The van der Waals surface area contributed by atoms with Crippen LogP contribution in [-0.2, 0) is 13.0 Å². The summed E-state index contributed by atoms with van der Waals surface area (Å²) in [6, 6.07) is 8.58. The van der Waals surface area contributed by atoms with Gasteiger partial charge in [-0.3, -0.25) is 0 Å². The average molecular weight is 246 g/mol. The molecule has 17 heavy (non-hydrogen) atoms. The highest BCUT2D eigenvalue weighted by molar-refractivity contribution is 7.15. The van der Waals surface area contributed by atoms with Crippen molar-refractivity contribution in [2.75, 3.05) is 7.05 Å². The molecule has 1 heterocycles. The van der Waals surface area contributed by atoms with Crippen LogP contribution >= 0.6 is 11.3 Å². The Morgan fingerprint density at radius 1 is 1.24 bits per heavy atom. The van der Waals surface area contributed by atoms with Crippen LogP contribution in [0.25, 0.3) is 10.6 Å². The number of thiazole rings is 1. The largest absolute Gasteiger partial charge is 0.315 e. The van der Waals surface area contributed by atoms with Crippen molar-refractivity contribution in [3.8, 4) is 10.6 Å². The van der Waals surface area contributed by atoms with Crippen molar-refractivity contribution < 1.29 is 0 Å². The highest BCUT2D eigenvalue weighted by Crippen LogP contribution is 2.28. The van der Waals surface area contributed by atoms with E-state index in [1.54, 1.807) is 11.3 Å². The molecule has 0 bridgehead atoms. The lowest BCUT2D eigenvalue weighted by molar-refractivity contribution is 0.815. The van der Waals surface area contributed by atoms with Crippen molar-refractivity contribution in [1.29, 1.82) is 0 Å². The fourth-order valence-electron chi connectivity index (χ4n) is 1.78. The van der Waals surface area contributed by atoms with Crippen LogP contribution in [0.5, 0.6) is 0 Å². The molecule has 2 rings (SSSR count). The smallest absolute Gasteiger partial charge is 0.123 e. The molecule has 0 aliphatic carbocycles. The van der Waals surface area contributed by atoms with Crippen molar-refractivity contribution in [3.05, 3.63) is 40.4 Å². The van der Waals surface area contributed by atoms with Gasteiger partial charge in [0.05, 0.1) is 5.69 Å². The average Bonchev–Trinajstić information content (AvgIpc) is 2.74. The van der Waals surface area contributed by atoms with Gasteiger partial charge in [0.25, 0.3) is 0 Å². The molecule has 0 fully saturated rings. The predicted octanol–water partition coefficient (Wildman–Crippen LogP) is 3.40. The Bertz CT molecular complexity index is 485. The predicted molar refractivity (Wildman–Crippen MR) is 74.4 cm³/mol. The SMILES string of the molecule is CCc1nc(-c2ccc(C)cc2)sc1CNC. The molecular weight excluding hydrogens is 228 g/mol. The molecule has 90 valence electrons. The van der Waals surface area contributed by atoms with Crippen molar-refractivity contribution in [2.45, 2.75) is 26.8 Å². The molecule has 0 aliphatic rings. The van der Waals surface area contributed by atoms with Gasteiger partial charge in [-0.05, 0) is 20.4 Å². The van der Waals surface area contributed by atoms with E-state index in [2.05, 4.69) is 43.4 Å². The minimum absolute atomic E-state index is 0.909. The second-order valence-electron chi connectivity index (χ2n) is 4.14. The summed E-state index contributed by atoms with van der Waals surface area (Å²) < 4.78 is 0. The van der Waals surface area contributed by atoms with Gasteiger partial charge < -0.3 is 5.32 Å². The van der Waals surface area contributed by atoms with E-state index in [-0.39, 0.29) is 0 Å². The van der Waals surface area contributed by atoms with Gasteiger partial charge in [-0.2, -0.15) is 0 Å². The first kappa shape index (κ1) is 12.3. The monoisotopic (exact) mass is 246 g/mol. The molecule has 1 N–H and O–H groups in total. The molecule has 0 amide bonds. The van der Waals surface area contributed by atoms with Crippen LogP contribution in [-0.4, -0.2) is 12.0 Å². The van der Waals surface area contributed by atoms with E-state index in [4.69, 9.17) is 4.98 Å². The number of hydrogen-bond acceptors (Lipinski definition) is 3. The van der Waals surface area contributed by atoms with Gasteiger partial charge in [-0.1, -0.05) is 36.8 Å². The Labute approximate surface area is 107 Å². The van der Waals surface area contributed by atoms with Crippen LogP contribution in [0.1, 0.15) is 23.1 Å². The Morgan fingerprint density at radius 3 is 2.53 bits per heavy atom. The number of aromatic nitrogens is 1. The standard InChI is InChI=1S/C14H18N2S/c1-4-12-13(9-15-3)17-14(16-12)11-7-5-10(2)6-8-11/h5-8,15H,4,9H2,1-3H3. The summed E-state index contributed by atoms with van der Waals surface area (Å²) in [5.41, 5.74) is 3.73. The number of aryl methyl sites for hydroxylation is 2. The summed E-state index contributed by atoms with van der Waals surface area (Å²) in [4.78, 5) is 6.08. The van der Waals surface area contributed by atoms with E-state index in [0.29, 0.717) is 0 Å². The Hall–Kier alpha value is -1.19. The molecular formula is C14H18N2S. The molecule has 0 radical (unpaired) electrons. The molecule has 0 saturated heterocycles. The van der Waals surface area contributed by atoms with Crippen LogP contribution < -0.4 is 5.32 Å². The molecule has 2 aromatic rings. The molecule has 0 spiro atoms. The Balaban J connectivity index is 2.35. The third kappa shape index (κ3) is 2.73. The summed E-state index contributed by atoms with van der Waals surface area (Å²) in [5.74, 6) is 0. The third-order valence-electron chi connectivity index (χ3n) is 2.75. The van der Waals surface area contributed by atoms with Crippen LogP contribution in [0.3, 0.4) is 0 Å². The van der Waals surface area contributed by atoms with Crippen LogP contribution in [0.4, 0.5) is 0 Å². The maximum atomic E-state index is 4.73. The second-order valence-corrected chi connectivity index (χ2v) is 5.22. The van der Waals surface area contributed by atoms with Crippen molar-refractivity contribution in [2.24, 2.45) is 0 Å². The lowest BCUT2D eigenvalue weighted by Gasteiger charge is -1.96. The Morgan fingerprint density at radius 2 is 1.94 bits per heavy atom. The van der Waals surface area contributed by atoms with Gasteiger partial charge in [0, 0.05) is 17.0 Å². The summed E-state index contributed by atoms with van der Waals surface area (Å²) >= 11 is 1.79. The number of rotatable bonds is 4. The fourth-order valence-corrected chi connectivity index (χ4v) is 2.95. The van der Waals surface area contributed by atoms with E-state index < -0.39 is 0 Å². The molecule has 0 aliphatic heterocycles. The molecule has 0 saturated carbocycles. The second kappa shape index (κ2) is 5.43. The summed E-state index contributed by atoms with van der Waals surface area (Å²) in [6.07, 6.45) is 0.999. The highest BCUT2D eigenvalue weighted by atomic mass is 32.1. The zero-order valence-electron chi connectivity index (χ0n) is 10.6. The van der Waals surface area contributed by atoms with E-state index in [0.717, 1.165) is 18.0 Å². The van der Waals surface area contributed by atoms with Gasteiger partial charge in [0.2, 0.25) is 0 Å². The minimum atomic E-state index is 0.909. The lowest BCUT2D eigenvalue weighted by atomic mass is 10.2. The first-order valence-corrected chi connectivity index (χ1v) is 6.76. The van der Waals surface area contributed by atoms with Crippen molar-refractivity contribution in [1.82, 2.24) is 10.3 Å². The zero-order valence-corrected chi connectivity index (χ0v) is 11.4. The molecule has 0 atom stereocenters. The molecule has 1 aromatic carbocycles.